The van der Waals surface area contributed by atoms with Crippen LogP contribution in [-0.2, 0) is 32.6 Å². The van der Waals surface area contributed by atoms with E-state index in [9.17, 15) is 18.0 Å². The van der Waals surface area contributed by atoms with Gasteiger partial charge in [0.15, 0.2) is 0 Å². The Morgan fingerprint density at radius 3 is 2.03 bits per heavy atom. The molecule has 0 unspecified atom stereocenters. The average Bonchev–Trinajstić information content (AvgIpc) is 2.86. The summed E-state index contributed by atoms with van der Waals surface area (Å²) in [6, 6.07) is 14.8. The van der Waals surface area contributed by atoms with Crippen LogP contribution in [0, 0.1) is 6.92 Å². The topological polar surface area (TPSA) is 86.8 Å². The molecule has 0 bridgehead atoms. The van der Waals surface area contributed by atoms with Crippen molar-refractivity contribution in [2.75, 3.05) is 17.1 Å². The number of nitrogens with zero attached hydrogens (tertiary/aromatic N) is 2. The second-order valence-electron chi connectivity index (χ2n) is 9.71. The van der Waals surface area contributed by atoms with Gasteiger partial charge in [-0.1, -0.05) is 62.7 Å². The maximum atomic E-state index is 13.5. The van der Waals surface area contributed by atoms with Crippen molar-refractivity contribution in [2.45, 2.75) is 85.4 Å². The summed E-state index contributed by atoms with van der Waals surface area (Å²) >= 11 is 0. The molecule has 2 aromatic rings. The van der Waals surface area contributed by atoms with Crippen LogP contribution in [0.15, 0.2) is 48.5 Å². The van der Waals surface area contributed by atoms with Crippen molar-refractivity contribution in [2.24, 2.45) is 0 Å². The van der Waals surface area contributed by atoms with Crippen molar-refractivity contribution in [1.82, 2.24) is 10.2 Å². The van der Waals surface area contributed by atoms with Gasteiger partial charge in [0.25, 0.3) is 0 Å². The smallest absolute Gasteiger partial charge is 0.243 e. The van der Waals surface area contributed by atoms with Crippen LogP contribution in [0.4, 0.5) is 5.69 Å². The Balaban J connectivity index is 2.21. The van der Waals surface area contributed by atoms with Crippen molar-refractivity contribution in [3.05, 3.63) is 65.2 Å². The summed E-state index contributed by atoms with van der Waals surface area (Å²) in [6.45, 7) is 10.4. The Hall–Kier alpha value is -2.87. The summed E-state index contributed by atoms with van der Waals surface area (Å²) in [5.41, 5.74) is 3.78. The van der Waals surface area contributed by atoms with Gasteiger partial charge in [-0.15, -0.1) is 0 Å². The molecule has 204 valence electrons. The fraction of sp³-hybridized carbons (Fsp3) is 0.517. The first-order chi connectivity index (χ1) is 17.5. The summed E-state index contributed by atoms with van der Waals surface area (Å²) in [7, 11) is -3.51. The van der Waals surface area contributed by atoms with Crippen molar-refractivity contribution >= 4 is 27.5 Å². The molecule has 0 aliphatic carbocycles. The van der Waals surface area contributed by atoms with Gasteiger partial charge in [0, 0.05) is 25.6 Å². The summed E-state index contributed by atoms with van der Waals surface area (Å²) in [6.07, 6.45) is 3.81. The van der Waals surface area contributed by atoms with Crippen LogP contribution < -0.4 is 9.62 Å². The Morgan fingerprint density at radius 1 is 0.919 bits per heavy atom. The third-order valence-electron chi connectivity index (χ3n) is 6.65. The number of benzene rings is 2. The second-order valence-corrected chi connectivity index (χ2v) is 11.6. The average molecular weight is 530 g/mol. The number of sulfonamides is 1. The van der Waals surface area contributed by atoms with Gasteiger partial charge >= 0.3 is 0 Å². The number of nitrogens with one attached hydrogen (secondary N) is 1. The minimum atomic E-state index is -3.51. The first-order valence-corrected chi connectivity index (χ1v) is 15.1. The van der Waals surface area contributed by atoms with E-state index in [1.165, 1.54) is 10.6 Å². The van der Waals surface area contributed by atoms with Gasteiger partial charge in [-0.2, -0.15) is 0 Å². The maximum Gasteiger partial charge on any atom is 0.243 e. The molecule has 0 fully saturated rings. The molecule has 0 aromatic heterocycles. The van der Waals surface area contributed by atoms with Crippen molar-refractivity contribution in [1.29, 1.82) is 0 Å². The third kappa shape index (κ3) is 9.18. The lowest BCUT2D eigenvalue weighted by Crippen LogP contribution is -2.50. The lowest BCUT2D eigenvalue weighted by molar-refractivity contribution is -0.141. The van der Waals surface area contributed by atoms with Crippen LogP contribution in [0.1, 0.15) is 70.1 Å². The summed E-state index contributed by atoms with van der Waals surface area (Å²) in [5, 5.41) is 3.02. The van der Waals surface area contributed by atoms with Gasteiger partial charge in [-0.25, -0.2) is 8.42 Å². The Labute approximate surface area is 223 Å². The van der Waals surface area contributed by atoms with Gasteiger partial charge < -0.3 is 10.2 Å². The third-order valence-corrected chi connectivity index (χ3v) is 7.84. The number of anilines is 1. The van der Waals surface area contributed by atoms with E-state index in [-0.39, 0.29) is 30.8 Å². The van der Waals surface area contributed by atoms with Crippen LogP contribution in [0.25, 0.3) is 0 Å². The number of hydrogen-bond donors (Lipinski definition) is 1. The predicted octanol–water partition coefficient (Wildman–Crippen LogP) is 4.83. The van der Waals surface area contributed by atoms with Crippen molar-refractivity contribution in [3.8, 4) is 0 Å². The van der Waals surface area contributed by atoms with E-state index >= 15 is 0 Å². The Bertz CT molecular complexity index is 1110. The molecular weight excluding hydrogens is 486 g/mol. The molecule has 0 aliphatic heterocycles. The van der Waals surface area contributed by atoms with Gasteiger partial charge in [0.05, 0.1) is 11.9 Å². The van der Waals surface area contributed by atoms with E-state index in [4.69, 9.17) is 0 Å². The normalized spacial score (nSPS) is 13.0. The Kier molecular flexibility index (Phi) is 11.6. The number of carbonyl (C=O) groups is 2. The first kappa shape index (κ1) is 30.4. The summed E-state index contributed by atoms with van der Waals surface area (Å²) in [4.78, 5) is 28.2. The standard InChI is InChI=1S/C29H43N3O4S/c1-7-23(5)30-29(34)27(9-3)31(21-25-14-12-22(4)13-15-25)28(33)11-10-20-32(37(6,35)36)26-18-16-24(8-2)17-19-26/h12-19,23,27H,7-11,20-21H2,1-6H3,(H,30,34)/t23-,27-/m1/s1. The predicted molar refractivity (Wildman–Crippen MR) is 151 cm³/mol. The largest absolute Gasteiger partial charge is 0.352 e. The minimum Gasteiger partial charge on any atom is -0.352 e. The molecule has 37 heavy (non-hydrogen) atoms. The van der Waals surface area contributed by atoms with E-state index in [1.54, 1.807) is 17.0 Å². The maximum absolute atomic E-state index is 13.5. The SMILES string of the molecule is CCc1ccc(N(CCCC(=O)N(Cc2ccc(C)cc2)[C@H](CC)C(=O)N[C@H](C)CC)S(C)(=O)=O)cc1. The van der Waals surface area contributed by atoms with E-state index in [1.807, 2.05) is 71.0 Å². The highest BCUT2D eigenvalue weighted by Gasteiger charge is 2.29. The van der Waals surface area contributed by atoms with Gasteiger partial charge in [-0.3, -0.25) is 13.9 Å². The lowest BCUT2D eigenvalue weighted by atomic mass is 10.1. The number of rotatable bonds is 14. The summed E-state index contributed by atoms with van der Waals surface area (Å²) in [5.74, 6) is -0.326. The fourth-order valence-electron chi connectivity index (χ4n) is 4.15. The number of aryl methyl sites for hydroxylation is 2. The van der Waals surface area contributed by atoms with Gasteiger partial charge in [0.2, 0.25) is 21.8 Å². The molecule has 2 rings (SSSR count). The van der Waals surface area contributed by atoms with Gasteiger partial charge in [-0.05, 0) is 62.8 Å². The van der Waals surface area contributed by atoms with Gasteiger partial charge in [0.1, 0.15) is 6.04 Å². The first-order valence-electron chi connectivity index (χ1n) is 13.2. The number of carbonyl (C=O) groups excluding carboxylic acids is 2. The molecule has 1 N–H and O–H groups in total. The molecule has 0 saturated heterocycles. The molecule has 7 nitrogen and oxygen atoms in total. The molecule has 0 saturated carbocycles. The number of hydrogen-bond acceptors (Lipinski definition) is 4. The highest BCUT2D eigenvalue weighted by atomic mass is 32.2. The highest BCUT2D eigenvalue weighted by molar-refractivity contribution is 7.92. The molecule has 2 amide bonds. The van der Waals surface area contributed by atoms with Crippen LogP contribution in [0.2, 0.25) is 0 Å². The van der Waals surface area contributed by atoms with E-state index < -0.39 is 16.1 Å². The Morgan fingerprint density at radius 2 is 1.51 bits per heavy atom. The minimum absolute atomic E-state index is 0.0142. The molecule has 0 spiro atoms. The van der Waals surface area contributed by atoms with Crippen molar-refractivity contribution < 1.29 is 18.0 Å². The van der Waals surface area contributed by atoms with E-state index in [0.717, 1.165) is 29.5 Å². The molecule has 2 atom stereocenters. The van der Waals surface area contributed by atoms with Crippen LogP contribution in [0.5, 0.6) is 0 Å². The molecule has 8 heteroatoms. The second kappa shape index (κ2) is 14.2. The van der Waals surface area contributed by atoms with Crippen LogP contribution >= 0.6 is 0 Å². The zero-order valence-corrected chi connectivity index (χ0v) is 24.0. The van der Waals surface area contributed by atoms with Crippen LogP contribution in [0.3, 0.4) is 0 Å². The van der Waals surface area contributed by atoms with E-state index in [0.29, 0.717) is 25.1 Å². The molecular formula is C29H43N3O4S. The molecule has 2 aromatic carbocycles. The van der Waals surface area contributed by atoms with Crippen molar-refractivity contribution in [3.63, 3.8) is 0 Å². The lowest BCUT2D eigenvalue weighted by Gasteiger charge is -2.32. The van der Waals surface area contributed by atoms with Crippen LogP contribution in [-0.4, -0.2) is 50.0 Å². The quantitative estimate of drug-likeness (QED) is 0.380. The molecule has 0 radical (unpaired) electrons. The monoisotopic (exact) mass is 529 g/mol. The van der Waals surface area contributed by atoms with E-state index in [2.05, 4.69) is 5.32 Å². The highest BCUT2D eigenvalue weighted by Crippen LogP contribution is 2.21. The summed E-state index contributed by atoms with van der Waals surface area (Å²) < 4.78 is 26.4. The zero-order chi connectivity index (χ0) is 27.6. The molecule has 0 heterocycles. The molecule has 0 aliphatic rings. The number of amides is 2. The zero-order valence-electron chi connectivity index (χ0n) is 23.2. The fourth-order valence-corrected chi connectivity index (χ4v) is 5.12.